The summed E-state index contributed by atoms with van der Waals surface area (Å²) >= 11 is 0. The second-order valence-corrected chi connectivity index (χ2v) is 9.84. The Bertz CT molecular complexity index is 1160. The van der Waals surface area contributed by atoms with Crippen LogP contribution in [0.25, 0.3) is 22.2 Å². The number of benzene rings is 2. The van der Waals surface area contributed by atoms with Crippen LogP contribution in [0.5, 0.6) is 0 Å². The molecule has 3 aromatic rings. The third kappa shape index (κ3) is 5.57. The molecule has 0 spiro atoms. The third-order valence-electron chi connectivity index (χ3n) is 7.51. The summed E-state index contributed by atoms with van der Waals surface area (Å²) in [6, 6.07) is 14.5. The molecule has 1 aromatic heterocycles. The number of aromatic nitrogens is 1. The highest BCUT2D eigenvalue weighted by molar-refractivity contribution is 5.95. The molecule has 2 aromatic carbocycles. The van der Waals surface area contributed by atoms with Crippen molar-refractivity contribution in [2.45, 2.75) is 39.0 Å². The van der Waals surface area contributed by atoms with Gasteiger partial charge in [0.25, 0.3) is 0 Å². The van der Waals surface area contributed by atoms with Crippen molar-refractivity contribution in [2.24, 2.45) is 5.41 Å². The van der Waals surface area contributed by atoms with E-state index in [1.54, 1.807) is 6.07 Å². The van der Waals surface area contributed by atoms with E-state index >= 15 is 0 Å². The van der Waals surface area contributed by atoms with Crippen LogP contribution in [0, 0.1) is 11.2 Å². The van der Waals surface area contributed by atoms with Gasteiger partial charge in [0.2, 0.25) is 0 Å². The highest BCUT2D eigenvalue weighted by atomic mass is 19.1. The molecule has 1 atom stereocenters. The van der Waals surface area contributed by atoms with Gasteiger partial charge in [-0.25, -0.2) is 9.37 Å². The Kier molecular flexibility index (Phi) is 8.19. The SMILES string of the molecule is C=CC1(CCNC)CCN(c2cc(-c3ccc(CCCNC)cc3)nc3cc(CC)c(F)cc23)C1. The zero-order valence-corrected chi connectivity index (χ0v) is 21.5. The van der Waals surface area contributed by atoms with Gasteiger partial charge in [0, 0.05) is 35.1 Å². The monoisotopic (exact) mass is 474 g/mol. The van der Waals surface area contributed by atoms with Crippen molar-refractivity contribution >= 4 is 16.6 Å². The summed E-state index contributed by atoms with van der Waals surface area (Å²) in [6.07, 6.45) is 7.04. The molecule has 0 bridgehead atoms. The van der Waals surface area contributed by atoms with Crippen LogP contribution in [0.4, 0.5) is 10.1 Å². The molecule has 4 nitrogen and oxygen atoms in total. The minimum Gasteiger partial charge on any atom is -0.370 e. The lowest BCUT2D eigenvalue weighted by molar-refractivity contribution is 0.390. The van der Waals surface area contributed by atoms with Crippen molar-refractivity contribution in [3.63, 3.8) is 0 Å². The first kappa shape index (κ1) is 25.3. The first-order chi connectivity index (χ1) is 17.0. The standard InChI is InChI=1S/C30H39FN4/c1-5-23-18-28-25(19-26(23)31)29(35-17-14-30(6-2,21-35)13-16-33-4)20-27(34-28)24-11-9-22(10-12-24)8-7-15-32-3/h6,9-12,18-20,32-33H,2,5,7-8,13-17,21H2,1,3-4H3. The summed E-state index contributed by atoms with van der Waals surface area (Å²) in [5, 5.41) is 7.38. The molecule has 1 unspecified atom stereocenters. The molecule has 1 saturated heterocycles. The van der Waals surface area contributed by atoms with E-state index in [2.05, 4.69) is 58.5 Å². The van der Waals surface area contributed by atoms with Gasteiger partial charge in [-0.1, -0.05) is 37.3 Å². The first-order valence-corrected chi connectivity index (χ1v) is 12.9. The maximum atomic E-state index is 14.9. The molecule has 0 saturated carbocycles. The summed E-state index contributed by atoms with van der Waals surface area (Å²) in [7, 11) is 3.98. The van der Waals surface area contributed by atoms with Gasteiger partial charge in [-0.3, -0.25) is 0 Å². The lowest BCUT2D eigenvalue weighted by Crippen LogP contribution is -2.28. The number of fused-ring (bicyclic) bond motifs is 1. The van der Waals surface area contributed by atoms with E-state index in [0.29, 0.717) is 12.0 Å². The molecule has 2 N–H and O–H groups in total. The highest BCUT2D eigenvalue weighted by Crippen LogP contribution is 2.41. The summed E-state index contributed by atoms with van der Waals surface area (Å²) in [4.78, 5) is 7.41. The smallest absolute Gasteiger partial charge is 0.127 e. The predicted octanol–water partition coefficient (Wildman–Crippen LogP) is 5.75. The lowest BCUT2D eigenvalue weighted by Gasteiger charge is -2.27. The van der Waals surface area contributed by atoms with Crippen molar-refractivity contribution in [2.75, 3.05) is 45.2 Å². The molecule has 5 heteroatoms. The van der Waals surface area contributed by atoms with E-state index in [4.69, 9.17) is 4.98 Å². The first-order valence-electron chi connectivity index (χ1n) is 12.9. The van der Waals surface area contributed by atoms with Crippen LogP contribution < -0.4 is 15.5 Å². The molecule has 1 aliphatic heterocycles. The summed E-state index contributed by atoms with van der Waals surface area (Å²) in [5.41, 5.74) is 6.07. The number of hydrogen-bond donors (Lipinski definition) is 2. The van der Waals surface area contributed by atoms with E-state index in [1.807, 2.05) is 27.1 Å². The van der Waals surface area contributed by atoms with Crippen molar-refractivity contribution < 1.29 is 4.39 Å². The van der Waals surface area contributed by atoms with E-state index in [0.717, 1.165) is 79.7 Å². The van der Waals surface area contributed by atoms with E-state index in [-0.39, 0.29) is 11.2 Å². The third-order valence-corrected chi connectivity index (χ3v) is 7.51. The van der Waals surface area contributed by atoms with Crippen LogP contribution in [0.1, 0.15) is 37.3 Å². The molecule has 35 heavy (non-hydrogen) atoms. The number of anilines is 1. The van der Waals surface area contributed by atoms with Crippen molar-refractivity contribution in [3.05, 3.63) is 72.1 Å². The van der Waals surface area contributed by atoms with Gasteiger partial charge >= 0.3 is 0 Å². The normalized spacial score (nSPS) is 17.9. The summed E-state index contributed by atoms with van der Waals surface area (Å²) in [5.74, 6) is -0.147. The van der Waals surface area contributed by atoms with Crippen LogP contribution >= 0.6 is 0 Å². The van der Waals surface area contributed by atoms with Gasteiger partial charge in [0.05, 0.1) is 11.2 Å². The van der Waals surface area contributed by atoms with Crippen LogP contribution in [0.15, 0.2) is 55.1 Å². The Morgan fingerprint density at radius 2 is 1.89 bits per heavy atom. The van der Waals surface area contributed by atoms with Crippen molar-refractivity contribution in [1.82, 2.24) is 15.6 Å². The number of halogens is 1. The Morgan fingerprint density at radius 3 is 2.57 bits per heavy atom. The fraction of sp³-hybridized carbons (Fsp3) is 0.433. The molecule has 1 fully saturated rings. The number of nitrogens with one attached hydrogen (secondary N) is 2. The van der Waals surface area contributed by atoms with Crippen molar-refractivity contribution in [3.8, 4) is 11.3 Å². The minimum absolute atomic E-state index is 0.0651. The second kappa shape index (κ2) is 11.3. The van der Waals surface area contributed by atoms with Gasteiger partial charge in [0.15, 0.2) is 0 Å². The van der Waals surface area contributed by atoms with Gasteiger partial charge in [-0.2, -0.15) is 0 Å². The van der Waals surface area contributed by atoms with Gasteiger partial charge < -0.3 is 15.5 Å². The Balaban J connectivity index is 1.73. The highest BCUT2D eigenvalue weighted by Gasteiger charge is 2.36. The Morgan fingerprint density at radius 1 is 1.11 bits per heavy atom. The fourth-order valence-electron chi connectivity index (χ4n) is 5.21. The average molecular weight is 475 g/mol. The Labute approximate surface area is 209 Å². The van der Waals surface area contributed by atoms with Crippen LogP contribution in [-0.4, -0.2) is 45.3 Å². The van der Waals surface area contributed by atoms with Crippen LogP contribution in [-0.2, 0) is 12.8 Å². The molecule has 0 aliphatic carbocycles. The Hall–Kier alpha value is -2.76. The summed E-state index contributed by atoms with van der Waals surface area (Å²) < 4.78 is 14.9. The lowest BCUT2D eigenvalue weighted by atomic mass is 9.84. The zero-order chi connectivity index (χ0) is 24.8. The number of nitrogens with zero attached hydrogens (tertiary/aromatic N) is 2. The average Bonchev–Trinajstić information content (AvgIpc) is 3.32. The van der Waals surface area contributed by atoms with Crippen molar-refractivity contribution in [1.29, 1.82) is 0 Å². The molecular weight excluding hydrogens is 435 g/mol. The number of aryl methyl sites for hydroxylation is 2. The van der Waals surface area contributed by atoms with E-state index in [9.17, 15) is 4.39 Å². The quantitative estimate of drug-likeness (QED) is 0.274. The topological polar surface area (TPSA) is 40.2 Å². The molecule has 0 amide bonds. The summed E-state index contributed by atoms with van der Waals surface area (Å²) in [6.45, 7) is 9.94. The van der Waals surface area contributed by atoms with Crippen LogP contribution in [0.2, 0.25) is 0 Å². The number of hydrogen-bond acceptors (Lipinski definition) is 4. The van der Waals surface area contributed by atoms with E-state index < -0.39 is 0 Å². The minimum atomic E-state index is -0.147. The van der Waals surface area contributed by atoms with Gasteiger partial charge in [-0.05, 0) is 88.6 Å². The second-order valence-electron chi connectivity index (χ2n) is 9.84. The van der Waals surface area contributed by atoms with Gasteiger partial charge in [-0.15, -0.1) is 6.58 Å². The molecule has 186 valence electrons. The van der Waals surface area contributed by atoms with Crippen LogP contribution in [0.3, 0.4) is 0 Å². The number of pyridine rings is 1. The van der Waals surface area contributed by atoms with Gasteiger partial charge in [0.1, 0.15) is 5.82 Å². The molecule has 1 aliphatic rings. The maximum absolute atomic E-state index is 14.9. The molecule has 2 heterocycles. The fourth-order valence-corrected chi connectivity index (χ4v) is 5.21. The molecule has 0 radical (unpaired) electrons. The molecular formula is C30H39FN4. The molecule has 4 rings (SSSR count). The zero-order valence-electron chi connectivity index (χ0n) is 21.5. The number of rotatable bonds is 11. The largest absolute Gasteiger partial charge is 0.370 e. The predicted molar refractivity (Wildman–Crippen MR) is 147 cm³/mol. The maximum Gasteiger partial charge on any atom is 0.127 e. The van der Waals surface area contributed by atoms with E-state index in [1.165, 1.54) is 5.56 Å².